The predicted octanol–water partition coefficient (Wildman–Crippen LogP) is 3.94. The van der Waals surface area contributed by atoms with Crippen LogP contribution in [0.15, 0.2) is 59.4 Å². The van der Waals surface area contributed by atoms with Gasteiger partial charge in [-0.3, -0.25) is 14.9 Å². The van der Waals surface area contributed by atoms with Crippen molar-refractivity contribution < 1.29 is 9.66 Å². The van der Waals surface area contributed by atoms with Crippen LogP contribution in [-0.2, 0) is 13.0 Å². The highest BCUT2D eigenvalue weighted by Crippen LogP contribution is 2.20. The van der Waals surface area contributed by atoms with Crippen molar-refractivity contribution in [1.82, 2.24) is 4.57 Å². The Labute approximate surface area is 150 Å². The van der Waals surface area contributed by atoms with E-state index in [1.54, 1.807) is 16.7 Å². The van der Waals surface area contributed by atoms with E-state index in [0.717, 1.165) is 12.2 Å². The first-order valence-corrected chi connectivity index (χ1v) is 8.58. The molecule has 1 heterocycles. The first-order chi connectivity index (χ1) is 12.6. The molecule has 26 heavy (non-hydrogen) atoms. The quantitative estimate of drug-likeness (QED) is 0.367. The van der Waals surface area contributed by atoms with E-state index >= 15 is 0 Å². The van der Waals surface area contributed by atoms with Crippen LogP contribution in [0.4, 0.5) is 5.69 Å². The minimum Gasteiger partial charge on any atom is -0.494 e. The summed E-state index contributed by atoms with van der Waals surface area (Å²) in [6, 6.07) is 15.6. The van der Waals surface area contributed by atoms with Gasteiger partial charge >= 0.3 is 0 Å². The number of aromatic nitrogens is 1. The van der Waals surface area contributed by atoms with Gasteiger partial charge < -0.3 is 9.30 Å². The smallest absolute Gasteiger partial charge is 0.270 e. The van der Waals surface area contributed by atoms with E-state index in [9.17, 15) is 14.9 Å². The van der Waals surface area contributed by atoms with E-state index < -0.39 is 4.92 Å². The number of ether oxygens (including phenoxy) is 1. The fourth-order valence-corrected chi connectivity index (χ4v) is 2.87. The predicted molar refractivity (Wildman–Crippen MR) is 101 cm³/mol. The molecule has 0 atom stereocenters. The van der Waals surface area contributed by atoms with Gasteiger partial charge in [0.1, 0.15) is 5.75 Å². The first kappa shape index (κ1) is 17.7. The normalized spacial score (nSPS) is 10.8. The third-order valence-corrected chi connectivity index (χ3v) is 4.31. The van der Waals surface area contributed by atoms with Crippen LogP contribution in [-0.4, -0.2) is 16.1 Å². The maximum absolute atomic E-state index is 12.2. The SMILES string of the molecule is CCc1ccc(OCCCn2c(=O)ccc3cc([N+](=O)[O-])ccc32)cc1. The number of hydrogen-bond donors (Lipinski definition) is 0. The topological polar surface area (TPSA) is 74.4 Å². The van der Waals surface area contributed by atoms with Gasteiger partial charge in [0.25, 0.3) is 11.2 Å². The van der Waals surface area contributed by atoms with Gasteiger partial charge in [0.2, 0.25) is 0 Å². The number of hydrogen-bond acceptors (Lipinski definition) is 4. The number of nitrogens with zero attached hydrogens (tertiary/aromatic N) is 2. The van der Waals surface area contributed by atoms with E-state index in [4.69, 9.17) is 4.74 Å². The maximum atomic E-state index is 12.2. The fourth-order valence-electron chi connectivity index (χ4n) is 2.87. The summed E-state index contributed by atoms with van der Waals surface area (Å²) < 4.78 is 7.35. The monoisotopic (exact) mass is 352 g/mol. The second-order valence-corrected chi connectivity index (χ2v) is 6.02. The third kappa shape index (κ3) is 3.91. The molecule has 0 aliphatic carbocycles. The molecule has 6 nitrogen and oxygen atoms in total. The highest BCUT2D eigenvalue weighted by molar-refractivity contribution is 5.81. The highest BCUT2D eigenvalue weighted by Gasteiger charge is 2.09. The summed E-state index contributed by atoms with van der Waals surface area (Å²) in [4.78, 5) is 22.6. The maximum Gasteiger partial charge on any atom is 0.270 e. The molecule has 3 rings (SSSR count). The molecule has 0 radical (unpaired) electrons. The van der Waals surface area contributed by atoms with Crippen molar-refractivity contribution in [3.05, 3.63) is 80.6 Å². The minimum absolute atomic E-state index is 0.0153. The minimum atomic E-state index is -0.438. The molecule has 0 fully saturated rings. The number of benzene rings is 2. The molecule has 0 aliphatic heterocycles. The van der Waals surface area contributed by atoms with E-state index in [-0.39, 0.29) is 11.2 Å². The van der Waals surface area contributed by atoms with Crippen LogP contribution in [0.2, 0.25) is 0 Å². The molecule has 3 aromatic rings. The number of fused-ring (bicyclic) bond motifs is 1. The lowest BCUT2D eigenvalue weighted by atomic mass is 10.2. The standard InChI is InChI=1S/C20H20N2O4/c1-2-15-4-8-18(9-5-15)26-13-3-12-21-19-10-7-17(22(24)25)14-16(19)6-11-20(21)23/h4-11,14H,2-3,12-13H2,1H3. The number of nitro groups is 1. The lowest BCUT2D eigenvalue weighted by molar-refractivity contribution is -0.384. The molecular weight excluding hydrogens is 332 g/mol. The Balaban J connectivity index is 1.68. The summed E-state index contributed by atoms with van der Waals surface area (Å²) in [6.45, 7) is 3.08. The molecule has 0 spiro atoms. The van der Waals surface area contributed by atoms with E-state index in [0.29, 0.717) is 30.5 Å². The van der Waals surface area contributed by atoms with Gasteiger partial charge in [-0.25, -0.2) is 0 Å². The molecule has 0 saturated carbocycles. The Hall–Kier alpha value is -3.15. The first-order valence-electron chi connectivity index (χ1n) is 8.58. The second kappa shape index (κ2) is 7.82. The van der Waals surface area contributed by atoms with Crippen LogP contribution >= 0.6 is 0 Å². The van der Waals surface area contributed by atoms with Gasteiger partial charge in [0, 0.05) is 30.1 Å². The zero-order chi connectivity index (χ0) is 18.5. The van der Waals surface area contributed by atoms with Crippen LogP contribution in [0.3, 0.4) is 0 Å². The van der Waals surface area contributed by atoms with Gasteiger partial charge in [-0.2, -0.15) is 0 Å². The van der Waals surface area contributed by atoms with Crippen LogP contribution in [0.1, 0.15) is 18.9 Å². The zero-order valence-corrected chi connectivity index (χ0v) is 14.6. The third-order valence-electron chi connectivity index (χ3n) is 4.31. The molecule has 0 amide bonds. The van der Waals surface area contributed by atoms with Crippen molar-refractivity contribution in [2.24, 2.45) is 0 Å². The van der Waals surface area contributed by atoms with Crippen LogP contribution in [0, 0.1) is 10.1 Å². The fraction of sp³-hybridized carbons (Fsp3) is 0.250. The lowest BCUT2D eigenvalue weighted by Crippen LogP contribution is -2.20. The molecule has 134 valence electrons. The van der Waals surface area contributed by atoms with Crippen molar-refractivity contribution in [3.63, 3.8) is 0 Å². The Morgan fingerprint density at radius 1 is 1.08 bits per heavy atom. The molecule has 0 aliphatic rings. The van der Waals surface area contributed by atoms with E-state index in [1.807, 2.05) is 24.3 Å². The summed E-state index contributed by atoms with van der Waals surface area (Å²) >= 11 is 0. The molecule has 2 aromatic carbocycles. The largest absolute Gasteiger partial charge is 0.494 e. The molecule has 1 aromatic heterocycles. The summed E-state index contributed by atoms with van der Waals surface area (Å²) in [5.74, 6) is 0.808. The lowest BCUT2D eigenvalue weighted by Gasteiger charge is -2.11. The van der Waals surface area contributed by atoms with Crippen molar-refractivity contribution in [2.45, 2.75) is 26.3 Å². The highest BCUT2D eigenvalue weighted by atomic mass is 16.6. The van der Waals surface area contributed by atoms with Crippen LogP contribution in [0.5, 0.6) is 5.75 Å². The average molecular weight is 352 g/mol. The molecular formula is C20H20N2O4. The Kier molecular flexibility index (Phi) is 5.31. The van der Waals surface area contributed by atoms with Gasteiger partial charge in [-0.1, -0.05) is 19.1 Å². The summed E-state index contributed by atoms with van der Waals surface area (Å²) in [6.07, 6.45) is 1.65. The van der Waals surface area contributed by atoms with Crippen LogP contribution < -0.4 is 10.3 Å². The van der Waals surface area contributed by atoms with Gasteiger partial charge in [-0.15, -0.1) is 0 Å². The molecule has 0 bridgehead atoms. The van der Waals surface area contributed by atoms with Crippen molar-refractivity contribution in [2.75, 3.05) is 6.61 Å². The van der Waals surface area contributed by atoms with Crippen LogP contribution in [0.25, 0.3) is 10.9 Å². The van der Waals surface area contributed by atoms with Gasteiger partial charge in [0.05, 0.1) is 17.0 Å². The average Bonchev–Trinajstić information content (AvgIpc) is 2.66. The Morgan fingerprint density at radius 2 is 1.85 bits per heavy atom. The number of aryl methyl sites for hydroxylation is 2. The summed E-state index contributed by atoms with van der Waals surface area (Å²) in [5, 5.41) is 11.6. The molecule has 6 heteroatoms. The number of rotatable bonds is 7. The van der Waals surface area contributed by atoms with Gasteiger partial charge in [-0.05, 0) is 42.7 Å². The van der Waals surface area contributed by atoms with Crippen molar-refractivity contribution in [1.29, 1.82) is 0 Å². The second-order valence-electron chi connectivity index (χ2n) is 6.02. The number of non-ortho nitro benzene ring substituents is 1. The van der Waals surface area contributed by atoms with E-state index in [1.165, 1.54) is 23.8 Å². The summed E-state index contributed by atoms with van der Waals surface area (Å²) in [7, 11) is 0. The van der Waals surface area contributed by atoms with Crippen molar-refractivity contribution in [3.8, 4) is 5.75 Å². The van der Waals surface area contributed by atoms with E-state index in [2.05, 4.69) is 6.92 Å². The summed E-state index contributed by atoms with van der Waals surface area (Å²) in [5.41, 5.74) is 1.84. The molecule has 0 unspecified atom stereocenters. The number of nitro benzene ring substituents is 1. The molecule has 0 saturated heterocycles. The Bertz CT molecular complexity index is 977. The van der Waals surface area contributed by atoms with Gasteiger partial charge in [0.15, 0.2) is 0 Å². The van der Waals surface area contributed by atoms with Crippen molar-refractivity contribution >= 4 is 16.6 Å². The molecule has 0 N–H and O–H groups in total. The zero-order valence-electron chi connectivity index (χ0n) is 14.6. The number of pyridine rings is 1. The Morgan fingerprint density at radius 3 is 2.54 bits per heavy atom.